The molecule has 0 aromatic heterocycles. The van der Waals surface area contributed by atoms with Crippen LogP contribution in [0.4, 0.5) is 4.79 Å². The molecule has 0 aliphatic rings. The van der Waals surface area contributed by atoms with Gasteiger partial charge in [0.15, 0.2) is 0 Å². The Balaban J connectivity index is 2.46. The largest absolute Gasteiger partial charge is 0.467 e. The number of ether oxygens (including phenoxy) is 2. The van der Waals surface area contributed by atoms with Crippen molar-refractivity contribution >= 4 is 18.3 Å². The first-order valence-electron chi connectivity index (χ1n) is 7.57. The number of nitrogens with one attached hydrogen (secondary N) is 1. The van der Waals surface area contributed by atoms with Gasteiger partial charge in [0.1, 0.15) is 18.2 Å². The zero-order chi connectivity index (χ0) is 18.0. The maximum absolute atomic E-state index is 11.7. The summed E-state index contributed by atoms with van der Waals surface area (Å²) in [5, 5.41) is 6.23. The molecule has 0 saturated carbocycles. The molecule has 0 saturated heterocycles. The lowest BCUT2D eigenvalue weighted by atomic mass is 10.2. The molecule has 132 valence electrons. The van der Waals surface area contributed by atoms with Gasteiger partial charge in [0.25, 0.3) is 0 Å². The van der Waals surface area contributed by atoms with Gasteiger partial charge in [-0.05, 0) is 26.3 Å². The van der Waals surface area contributed by atoms with Gasteiger partial charge in [-0.25, -0.2) is 9.59 Å². The second-order valence-corrected chi connectivity index (χ2v) is 6.00. The monoisotopic (exact) mass is 336 g/mol. The molecule has 24 heavy (non-hydrogen) atoms. The molecule has 1 aromatic carbocycles. The van der Waals surface area contributed by atoms with E-state index in [1.165, 1.54) is 13.3 Å². The molecular formula is C17H24N2O5. The zero-order valence-corrected chi connectivity index (χ0v) is 14.4. The lowest BCUT2D eigenvalue weighted by Crippen LogP contribution is -2.44. The second-order valence-electron chi connectivity index (χ2n) is 6.00. The standard InChI is InChI=1S/C17H24N2O5/c1-17(2,3)24-16(21)19-14(15(20)22-4)10-11-18-23-12-13-8-6-5-7-9-13/h5-9,11,14H,10,12H2,1-4H3,(H,19,21)/t14-/m0/s1. The number of hydrogen-bond acceptors (Lipinski definition) is 6. The van der Waals surface area contributed by atoms with Crippen molar-refractivity contribution in [2.75, 3.05) is 7.11 Å². The lowest BCUT2D eigenvalue weighted by Gasteiger charge is -2.22. The van der Waals surface area contributed by atoms with Gasteiger partial charge < -0.3 is 19.6 Å². The number of carbonyl (C=O) groups excluding carboxylic acids is 2. The minimum atomic E-state index is -0.895. The fraction of sp³-hybridized carbons (Fsp3) is 0.471. The van der Waals surface area contributed by atoms with E-state index in [-0.39, 0.29) is 6.42 Å². The summed E-state index contributed by atoms with van der Waals surface area (Å²) in [6.07, 6.45) is 0.833. The summed E-state index contributed by atoms with van der Waals surface area (Å²) in [6, 6.07) is 8.65. The molecule has 7 heteroatoms. The summed E-state index contributed by atoms with van der Waals surface area (Å²) in [6.45, 7) is 5.52. The molecule has 0 aliphatic heterocycles. The molecule has 0 spiro atoms. The van der Waals surface area contributed by atoms with E-state index in [4.69, 9.17) is 9.57 Å². The van der Waals surface area contributed by atoms with Crippen molar-refractivity contribution in [2.24, 2.45) is 5.16 Å². The summed E-state index contributed by atoms with van der Waals surface area (Å²) < 4.78 is 9.77. The van der Waals surface area contributed by atoms with Crippen LogP contribution in [0.3, 0.4) is 0 Å². The van der Waals surface area contributed by atoms with E-state index in [1.807, 2.05) is 30.3 Å². The van der Waals surface area contributed by atoms with Gasteiger partial charge in [0, 0.05) is 12.6 Å². The van der Waals surface area contributed by atoms with Crippen molar-refractivity contribution in [1.82, 2.24) is 5.32 Å². The van der Waals surface area contributed by atoms with E-state index in [0.717, 1.165) is 5.56 Å². The molecule has 7 nitrogen and oxygen atoms in total. The SMILES string of the molecule is COC(=O)[C@H](CC=NOCc1ccccc1)NC(=O)OC(C)(C)C. The van der Waals surface area contributed by atoms with Crippen LogP contribution in [0.15, 0.2) is 35.5 Å². The van der Waals surface area contributed by atoms with E-state index in [0.29, 0.717) is 6.61 Å². The maximum atomic E-state index is 11.7. The summed E-state index contributed by atoms with van der Waals surface area (Å²) in [7, 11) is 1.25. The number of carbonyl (C=O) groups is 2. The fourth-order valence-corrected chi connectivity index (χ4v) is 1.69. The van der Waals surface area contributed by atoms with E-state index in [1.54, 1.807) is 20.8 Å². The van der Waals surface area contributed by atoms with Gasteiger partial charge in [-0.15, -0.1) is 0 Å². The van der Waals surface area contributed by atoms with Crippen LogP contribution in [0.1, 0.15) is 32.8 Å². The van der Waals surface area contributed by atoms with Crippen LogP contribution in [-0.4, -0.2) is 37.0 Å². The van der Waals surface area contributed by atoms with Crippen LogP contribution in [0.2, 0.25) is 0 Å². The van der Waals surface area contributed by atoms with Crippen molar-refractivity contribution in [3.8, 4) is 0 Å². The number of alkyl carbamates (subject to hydrolysis) is 1. The third kappa shape index (κ3) is 8.17. The fourth-order valence-electron chi connectivity index (χ4n) is 1.69. The summed E-state index contributed by atoms with van der Waals surface area (Å²) in [5.41, 5.74) is 0.323. The van der Waals surface area contributed by atoms with Crippen molar-refractivity contribution in [3.63, 3.8) is 0 Å². The molecular weight excluding hydrogens is 312 g/mol. The summed E-state index contributed by atoms with van der Waals surface area (Å²) in [5.74, 6) is -0.588. The van der Waals surface area contributed by atoms with Crippen LogP contribution in [0, 0.1) is 0 Å². The number of nitrogens with zero attached hydrogens (tertiary/aromatic N) is 1. The van der Waals surface area contributed by atoms with E-state index >= 15 is 0 Å². The number of oxime groups is 1. The third-order valence-corrected chi connectivity index (χ3v) is 2.74. The minimum absolute atomic E-state index is 0.126. The number of benzene rings is 1. The van der Waals surface area contributed by atoms with E-state index < -0.39 is 23.7 Å². The molecule has 1 amide bonds. The second kappa shape index (κ2) is 9.54. The van der Waals surface area contributed by atoms with Gasteiger partial charge >= 0.3 is 12.1 Å². The highest BCUT2D eigenvalue weighted by Gasteiger charge is 2.24. The molecule has 0 heterocycles. The Labute approximate surface area is 142 Å². The average molecular weight is 336 g/mol. The van der Waals surface area contributed by atoms with E-state index in [9.17, 15) is 9.59 Å². The topological polar surface area (TPSA) is 86.2 Å². The predicted octanol–water partition coefficient (Wildman–Crippen LogP) is 2.65. The molecule has 0 radical (unpaired) electrons. The zero-order valence-electron chi connectivity index (χ0n) is 14.4. The van der Waals surface area contributed by atoms with Gasteiger partial charge in [-0.2, -0.15) is 0 Å². The Morgan fingerprint density at radius 3 is 2.50 bits per heavy atom. The smallest absolute Gasteiger partial charge is 0.408 e. The first-order valence-corrected chi connectivity index (χ1v) is 7.57. The van der Waals surface area contributed by atoms with E-state index in [2.05, 4.69) is 15.2 Å². The van der Waals surface area contributed by atoms with Gasteiger partial charge in [0.2, 0.25) is 0 Å². The first kappa shape index (κ1) is 19.5. The molecule has 0 bridgehead atoms. The van der Waals surface area contributed by atoms with Gasteiger partial charge in [0.05, 0.1) is 7.11 Å². The number of esters is 1. The summed E-state index contributed by atoms with van der Waals surface area (Å²) >= 11 is 0. The quantitative estimate of drug-likeness (QED) is 0.470. The normalized spacial score (nSPS) is 12.5. The first-order chi connectivity index (χ1) is 11.3. The summed E-state index contributed by atoms with van der Waals surface area (Å²) in [4.78, 5) is 28.6. The van der Waals surface area contributed by atoms with Crippen molar-refractivity contribution < 1.29 is 23.9 Å². The Kier molecular flexibility index (Phi) is 7.74. The number of hydrogen-bond donors (Lipinski definition) is 1. The highest BCUT2D eigenvalue weighted by Crippen LogP contribution is 2.07. The maximum Gasteiger partial charge on any atom is 0.408 e. The molecule has 1 rings (SSSR count). The Morgan fingerprint density at radius 1 is 1.25 bits per heavy atom. The number of methoxy groups -OCH3 is 1. The molecule has 1 aromatic rings. The highest BCUT2D eigenvalue weighted by atomic mass is 16.6. The Bertz CT molecular complexity index is 552. The molecule has 1 atom stereocenters. The molecule has 0 unspecified atom stereocenters. The van der Waals surface area contributed by atoms with Crippen LogP contribution >= 0.6 is 0 Å². The van der Waals surface area contributed by atoms with Crippen LogP contribution < -0.4 is 5.32 Å². The highest BCUT2D eigenvalue weighted by molar-refractivity contribution is 5.84. The predicted molar refractivity (Wildman–Crippen MR) is 89.5 cm³/mol. The number of amides is 1. The molecule has 1 N–H and O–H groups in total. The third-order valence-electron chi connectivity index (χ3n) is 2.74. The Hall–Kier alpha value is -2.57. The van der Waals surface area contributed by atoms with Gasteiger partial charge in [-0.3, -0.25) is 0 Å². The van der Waals surface area contributed by atoms with Crippen molar-refractivity contribution in [1.29, 1.82) is 0 Å². The average Bonchev–Trinajstić information content (AvgIpc) is 2.52. The number of rotatable bonds is 7. The lowest BCUT2D eigenvalue weighted by molar-refractivity contribution is -0.142. The minimum Gasteiger partial charge on any atom is -0.467 e. The Morgan fingerprint density at radius 2 is 1.92 bits per heavy atom. The molecule has 0 fully saturated rings. The van der Waals surface area contributed by atoms with Crippen LogP contribution in [0.5, 0.6) is 0 Å². The molecule has 0 aliphatic carbocycles. The van der Waals surface area contributed by atoms with Crippen LogP contribution in [-0.2, 0) is 25.7 Å². The van der Waals surface area contributed by atoms with Gasteiger partial charge in [-0.1, -0.05) is 35.5 Å². The van der Waals surface area contributed by atoms with Crippen molar-refractivity contribution in [3.05, 3.63) is 35.9 Å². The van der Waals surface area contributed by atoms with Crippen molar-refractivity contribution in [2.45, 2.75) is 45.4 Å². The van der Waals surface area contributed by atoms with Crippen LogP contribution in [0.25, 0.3) is 0 Å².